The van der Waals surface area contributed by atoms with E-state index in [1.807, 2.05) is 0 Å². The first kappa shape index (κ1) is 14.2. The number of ether oxygens (including phenoxy) is 1. The second-order valence-electron chi connectivity index (χ2n) is 4.55. The van der Waals surface area contributed by atoms with Crippen molar-refractivity contribution in [2.45, 2.75) is 21.7 Å². The van der Waals surface area contributed by atoms with Gasteiger partial charge in [-0.25, -0.2) is 9.97 Å². The third-order valence-corrected chi connectivity index (χ3v) is 5.07. The SMILES string of the molecule is Nc1ncnc2c1ccn2[C@@H]1O[C@H](CO)[C@H](O)C1(Br)Br. The van der Waals surface area contributed by atoms with Gasteiger partial charge in [0, 0.05) is 6.20 Å². The molecule has 0 unspecified atom stereocenters. The van der Waals surface area contributed by atoms with Crippen LogP contribution in [0.25, 0.3) is 11.0 Å². The molecular weight excluding hydrogens is 396 g/mol. The number of aromatic nitrogens is 3. The van der Waals surface area contributed by atoms with Gasteiger partial charge in [-0.05, 0) is 6.07 Å². The van der Waals surface area contributed by atoms with Gasteiger partial charge >= 0.3 is 0 Å². The van der Waals surface area contributed by atoms with Crippen molar-refractivity contribution in [2.24, 2.45) is 0 Å². The van der Waals surface area contributed by atoms with E-state index < -0.39 is 21.7 Å². The van der Waals surface area contributed by atoms with Gasteiger partial charge in [0.25, 0.3) is 0 Å². The molecule has 2 aromatic heterocycles. The summed E-state index contributed by atoms with van der Waals surface area (Å²) in [5.74, 6) is 0.376. The van der Waals surface area contributed by atoms with Crippen molar-refractivity contribution in [3.05, 3.63) is 18.6 Å². The summed E-state index contributed by atoms with van der Waals surface area (Å²) in [7, 11) is 0. The van der Waals surface area contributed by atoms with Gasteiger partial charge in [-0.2, -0.15) is 0 Å². The second kappa shape index (κ2) is 4.92. The highest BCUT2D eigenvalue weighted by molar-refractivity contribution is 9.25. The fourth-order valence-corrected chi connectivity index (χ4v) is 3.54. The molecule has 3 atom stereocenters. The minimum atomic E-state index is -0.931. The molecule has 3 rings (SSSR count). The van der Waals surface area contributed by atoms with E-state index in [4.69, 9.17) is 10.5 Å². The van der Waals surface area contributed by atoms with E-state index in [9.17, 15) is 10.2 Å². The van der Waals surface area contributed by atoms with Crippen LogP contribution in [0.15, 0.2) is 18.6 Å². The van der Waals surface area contributed by atoms with Crippen LogP contribution in [0.4, 0.5) is 5.82 Å². The summed E-state index contributed by atoms with van der Waals surface area (Å²) >= 11 is 6.83. The Morgan fingerprint density at radius 1 is 1.45 bits per heavy atom. The maximum absolute atomic E-state index is 10.2. The molecule has 20 heavy (non-hydrogen) atoms. The van der Waals surface area contributed by atoms with Gasteiger partial charge in [0.1, 0.15) is 30.0 Å². The third-order valence-electron chi connectivity index (χ3n) is 3.35. The second-order valence-corrected chi connectivity index (χ2v) is 8.24. The number of nitrogens with zero attached hydrogens (tertiary/aromatic N) is 3. The van der Waals surface area contributed by atoms with Crippen LogP contribution in [-0.2, 0) is 4.74 Å². The van der Waals surface area contributed by atoms with Gasteiger partial charge in [0.15, 0.2) is 9.46 Å². The van der Waals surface area contributed by atoms with E-state index in [1.165, 1.54) is 6.33 Å². The number of anilines is 1. The zero-order valence-electron chi connectivity index (χ0n) is 10.1. The van der Waals surface area contributed by atoms with E-state index in [2.05, 4.69) is 41.8 Å². The minimum absolute atomic E-state index is 0.285. The first-order chi connectivity index (χ1) is 9.46. The molecule has 4 N–H and O–H groups in total. The van der Waals surface area contributed by atoms with Gasteiger partial charge in [-0.1, -0.05) is 31.9 Å². The molecule has 1 saturated heterocycles. The summed E-state index contributed by atoms with van der Waals surface area (Å²) in [5.41, 5.74) is 6.39. The zero-order valence-corrected chi connectivity index (χ0v) is 13.3. The number of fused-ring (bicyclic) bond motifs is 1. The molecule has 108 valence electrons. The van der Waals surface area contributed by atoms with Crippen LogP contribution in [0, 0.1) is 0 Å². The topological polar surface area (TPSA) is 106 Å². The standard InChI is InChI=1S/C11H12Br2N4O3/c12-11(13)7(19)6(3-18)20-10(11)17-2-1-5-8(14)15-4-16-9(5)17/h1-2,4,6-7,10,18-19H,3H2,(H2,14,15,16)/t6-,7+,10-/m1/s1. The Kier molecular flexibility index (Phi) is 3.49. The normalized spacial score (nSPS) is 29.1. The molecular formula is C11H12Br2N4O3. The maximum atomic E-state index is 10.2. The number of rotatable bonds is 2. The Labute approximate surface area is 131 Å². The average Bonchev–Trinajstić information content (AvgIpc) is 2.92. The molecule has 0 bridgehead atoms. The lowest BCUT2D eigenvalue weighted by Crippen LogP contribution is -2.36. The predicted octanol–water partition coefficient (Wildman–Crippen LogP) is 0.750. The van der Waals surface area contributed by atoms with Crippen LogP contribution >= 0.6 is 31.9 Å². The highest BCUT2D eigenvalue weighted by atomic mass is 79.9. The minimum Gasteiger partial charge on any atom is -0.394 e. The number of aliphatic hydroxyl groups excluding tert-OH is 2. The van der Waals surface area contributed by atoms with Crippen LogP contribution in [-0.4, -0.2) is 46.8 Å². The lowest BCUT2D eigenvalue weighted by Gasteiger charge is -2.25. The van der Waals surface area contributed by atoms with E-state index in [-0.39, 0.29) is 6.61 Å². The van der Waals surface area contributed by atoms with Crippen molar-refractivity contribution < 1.29 is 14.9 Å². The van der Waals surface area contributed by atoms with Crippen molar-refractivity contribution in [3.63, 3.8) is 0 Å². The Balaban J connectivity index is 2.10. The Bertz CT molecular complexity index is 648. The van der Waals surface area contributed by atoms with E-state index in [0.717, 1.165) is 0 Å². The lowest BCUT2D eigenvalue weighted by atomic mass is 10.2. The van der Waals surface area contributed by atoms with E-state index in [0.29, 0.717) is 16.9 Å². The van der Waals surface area contributed by atoms with Gasteiger partial charge in [-0.3, -0.25) is 0 Å². The molecule has 3 heterocycles. The molecule has 0 radical (unpaired) electrons. The van der Waals surface area contributed by atoms with Crippen LogP contribution < -0.4 is 5.73 Å². The number of nitrogens with two attached hydrogens (primary N) is 1. The summed E-state index contributed by atoms with van der Waals surface area (Å²) < 4.78 is 6.50. The predicted molar refractivity (Wildman–Crippen MR) is 79.5 cm³/mol. The van der Waals surface area contributed by atoms with Gasteiger partial charge in [0.05, 0.1) is 12.0 Å². The molecule has 0 aromatic carbocycles. The van der Waals surface area contributed by atoms with Crippen molar-refractivity contribution in [1.29, 1.82) is 0 Å². The fourth-order valence-electron chi connectivity index (χ4n) is 2.30. The fraction of sp³-hybridized carbons (Fsp3) is 0.455. The number of hydrogen-bond acceptors (Lipinski definition) is 6. The molecule has 9 heteroatoms. The lowest BCUT2D eigenvalue weighted by molar-refractivity contribution is -0.0430. The van der Waals surface area contributed by atoms with Crippen molar-refractivity contribution in [1.82, 2.24) is 14.5 Å². The van der Waals surface area contributed by atoms with Gasteiger partial charge in [-0.15, -0.1) is 0 Å². The molecule has 1 aliphatic heterocycles. The molecule has 1 aliphatic rings. The third kappa shape index (κ3) is 1.96. The Morgan fingerprint density at radius 2 is 2.20 bits per heavy atom. The monoisotopic (exact) mass is 406 g/mol. The molecule has 0 saturated carbocycles. The summed E-state index contributed by atoms with van der Waals surface area (Å²) in [6.45, 7) is -0.285. The van der Waals surface area contributed by atoms with E-state index >= 15 is 0 Å². The number of alkyl halides is 2. The molecule has 7 nitrogen and oxygen atoms in total. The summed E-state index contributed by atoms with van der Waals surface area (Å²) in [6, 6.07) is 1.78. The molecule has 0 aliphatic carbocycles. The number of hydrogen-bond donors (Lipinski definition) is 3. The molecule has 0 spiro atoms. The first-order valence-corrected chi connectivity index (χ1v) is 7.44. The maximum Gasteiger partial charge on any atom is 0.163 e. The Morgan fingerprint density at radius 3 is 2.85 bits per heavy atom. The van der Waals surface area contributed by atoms with Crippen molar-refractivity contribution >= 4 is 48.7 Å². The Hall–Kier alpha value is -0.740. The summed E-state index contributed by atoms with van der Waals surface area (Å²) in [5, 5.41) is 20.1. The highest BCUT2D eigenvalue weighted by Crippen LogP contribution is 2.50. The zero-order chi connectivity index (χ0) is 14.5. The smallest absolute Gasteiger partial charge is 0.163 e. The number of halogens is 2. The number of nitrogen functional groups attached to an aromatic ring is 1. The van der Waals surface area contributed by atoms with Gasteiger partial charge < -0.3 is 25.3 Å². The van der Waals surface area contributed by atoms with Crippen LogP contribution in [0.2, 0.25) is 0 Å². The van der Waals surface area contributed by atoms with Gasteiger partial charge in [0.2, 0.25) is 0 Å². The van der Waals surface area contributed by atoms with Crippen molar-refractivity contribution in [3.8, 4) is 0 Å². The van der Waals surface area contributed by atoms with Crippen LogP contribution in [0.3, 0.4) is 0 Å². The molecule has 1 fully saturated rings. The first-order valence-electron chi connectivity index (χ1n) is 5.86. The van der Waals surface area contributed by atoms with Crippen LogP contribution in [0.1, 0.15) is 6.23 Å². The molecule has 0 amide bonds. The van der Waals surface area contributed by atoms with E-state index in [1.54, 1.807) is 16.8 Å². The molecule has 2 aromatic rings. The summed E-state index contributed by atoms with van der Waals surface area (Å²) in [4.78, 5) is 8.12. The average molecular weight is 408 g/mol. The quantitative estimate of drug-likeness (QED) is 0.634. The number of aliphatic hydroxyl groups is 2. The largest absolute Gasteiger partial charge is 0.394 e. The van der Waals surface area contributed by atoms with Crippen molar-refractivity contribution in [2.75, 3.05) is 12.3 Å². The highest BCUT2D eigenvalue weighted by Gasteiger charge is 2.54. The summed E-state index contributed by atoms with van der Waals surface area (Å²) in [6.07, 6.45) is 0.906. The van der Waals surface area contributed by atoms with Crippen LogP contribution in [0.5, 0.6) is 0 Å².